The number of halogens is 2. The average Bonchev–Trinajstić information content (AvgIpc) is 2.74. The molecule has 9 heteroatoms. The largest absolute Gasteiger partial charge is 0.505 e. The number of nitrogens with zero attached hydrogens (tertiary/aromatic N) is 1. The van der Waals surface area contributed by atoms with Gasteiger partial charge < -0.3 is 20.1 Å². The van der Waals surface area contributed by atoms with Crippen molar-refractivity contribution in [2.45, 2.75) is 12.8 Å². The lowest BCUT2D eigenvalue weighted by Crippen LogP contribution is -2.41. The molecule has 0 bridgehead atoms. The van der Waals surface area contributed by atoms with Crippen LogP contribution < -0.4 is 5.32 Å². The van der Waals surface area contributed by atoms with E-state index in [4.69, 9.17) is 0 Å². The Morgan fingerprint density at radius 1 is 1.10 bits per heavy atom. The molecule has 158 valence electrons. The van der Waals surface area contributed by atoms with Crippen molar-refractivity contribution in [3.05, 3.63) is 59.2 Å². The van der Waals surface area contributed by atoms with Crippen molar-refractivity contribution >= 4 is 23.5 Å². The summed E-state index contributed by atoms with van der Waals surface area (Å²) in [6, 6.07) is 7.10. The second kappa shape index (κ2) is 8.89. The van der Waals surface area contributed by atoms with Crippen molar-refractivity contribution in [1.29, 1.82) is 0 Å². The Hall–Kier alpha value is -3.49. The number of carbonyl (C=O) groups excluding carboxylic acids is 3. The molecule has 0 saturated carbocycles. The third-order valence-corrected chi connectivity index (χ3v) is 5.01. The van der Waals surface area contributed by atoms with Gasteiger partial charge in [-0.15, -0.1) is 0 Å². The molecule has 2 aromatic rings. The highest BCUT2D eigenvalue weighted by Crippen LogP contribution is 2.29. The molecule has 0 radical (unpaired) electrons. The number of ether oxygens (including phenoxy) is 1. The Bertz CT molecular complexity index is 987. The molecule has 7 nitrogen and oxygen atoms in total. The van der Waals surface area contributed by atoms with Crippen LogP contribution in [0.2, 0.25) is 0 Å². The van der Waals surface area contributed by atoms with Gasteiger partial charge in [-0.05, 0) is 37.1 Å². The van der Waals surface area contributed by atoms with Crippen LogP contribution in [-0.4, -0.2) is 48.0 Å². The van der Waals surface area contributed by atoms with Crippen molar-refractivity contribution in [1.82, 2.24) is 4.90 Å². The number of methoxy groups -OCH3 is 1. The minimum Gasteiger partial charge on any atom is -0.505 e. The Morgan fingerprint density at radius 3 is 2.43 bits per heavy atom. The number of piperidine rings is 1. The lowest BCUT2D eigenvalue weighted by molar-refractivity contribution is -0.121. The molecule has 0 spiro atoms. The van der Waals surface area contributed by atoms with Gasteiger partial charge >= 0.3 is 5.97 Å². The van der Waals surface area contributed by atoms with Crippen LogP contribution in [0.15, 0.2) is 36.4 Å². The quantitative estimate of drug-likeness (QED) is 0.588. The van der Waals surface area contributed by atoms with Crippen LogP contribution in [0.5, 0.6) is 5.75 Å². The van der Waals surface area contributed by atoms with Crippen LogP contribution in [0.25, 0.3) is 0 Å². The number of aromatic hydroxyl groups is 1. The number of hydrogen-bond donors (Lipinski definition) is 2. The van der Waals surface area contributed by atoms with Crippen LogP contribution in [0.1, 0.15) is 33.6 Å². The first-order chi connectivity index (χ1) is 14.3. The van der Waals surface area contributed by atoms with Gasteiger partial charge in [0, 0.05) is 25.1 Å². The molecule has 0 aliphatic carbocycles. The predicted octanol–water partition coefficient (Wildman–Crippen LogP) is 2.95. The number of benzene rings is 2. The van der Waals surface area contributed by atoms with Gasteiger partial charge in [-0.2, -0.15) is 0 Å². The average molecular weight is 418 g/mol. The van der Waals surface area contributed by atoms with Crippen molar-refractivity contribution in [2.24, 2.45) is 5.92 Å². The van der Waals surface area contributed by atoms with E-state index in [1.165, 1.54) is 30.2 Å². The lowest BCUT2D eigenvalue weighted by atomic mass is 9.95. The van der Waals surface area contributed by atoms with Gasteiger partial charge in [0.05, 0.1) is 18.4 Å². The van der Waals surface area contributed by atoms with Crippen LogP contribution >= 0.6 is 0 Å². The summed E-state index contributed by atoms with van der Waals surface area (Å²) in [4.78, 5) is 38.1. The molecule has 1 heterocycles. The molecule has 1 aliphatic heterocycles. The lowest BCUT2D eigenvalue weighted by Gasteiger charge is -2.31. The molecule has 0 atom stereocenters. The van der Waals surface area contributed by atoms with Gasteiger partial charge in [-0.1, -0.05) is 6.07 Å². The summed E-state index contributed by atoms with van der Waals surface area (Å²) in [5.74, 6) is -4.18. The van der Waals surface area contributed by atoms with Gasteiger partial charge in [-0.3, -0.25) is 9.59 Å². The first kappa shape index (κ1) is 21.2. The fourth-order valence-corrected chi connectivity index (χ4v) is 3.33. The van der Waals surface area contributed by atoms with Crippen molar-refractivity contribution in [2.75, 3.05) is 25.5 Å². The highest BCUT2D eigenvalue weighted by molar-refractivity contribution is 5.99. The number of esters is 1. The molecule has 30 heavy (non-hydrogen) atoms. The van der Waals surface area contributed by atoms with Gasteiger partial charge in [0.2, 0.25) is 5.91 Å². The summed E-state index contributed by atoms with van der Waals surface area (Å²) in [5.41, 5.74) is -0.212. The summed E-state index contributed by atoms with van der Waals surface area (Å²) < 4.78 is 31.5. The van der Waals surface area contributed by atoms with Crippen LogP contribution in [0.4, 0.5) is 14.5 Å². The minimum atomic E-state index is -0.930. The van der Waals surface area contributed by atoms with Crippen molar-refractivity contribution in [3.63, 3.8) is 0 Å². The molecule has 1 fully saturated rings. The van der Waals surface area contributed by atoms with Crippen LogP contribution in [0.3, 0.4) is 0 Å². The topological polar surface area (TPSA) is 95.9 Å². The zero-order valence-corrected chi connectivity index (χ0v) is 16.2. The molecule has 0 aromatic heterocycles. The number of anilines is 1. The first-order valence-electron chi connectivity index (χ1n) is 9.27. The summed E-state index contributed by atoms with van der Waals surface area (Å²) in [6.45, 7) is 0.448. The highest BCUT2D eigenvalue weighted by atomic mass is 19.1. The zero-order chi connectivity index (χ0) is 21.8. The number of likely N-dealkylation sites (tertiary alicyclic amines) is 1. The molecule has 1 saturated heterocycles. The Labute approximate surface area is 171 Å². The Balaban J connectivity index is 1.62. The van der Waals surface area contributed by atoms with Crippen molar-refractivity contribution in [3.8, 4) is 5.75 Å². The minimum absolute atomic E-state index is 0.0722. The number of amides is 2. The van der Waals surface area contributed by atoms with E-state index in [1.54, 1.807) is 0 Å². The molecule has 2 aromatic carbocycles. The molecule has 2 amide bonds. The summed E-state index contributed by atoms with van der Waals surface area (Å²) in [7, 11) is 1.18. The van der Waals surface area contributed by atoms with Gasteiger partial charge in [0.25, 0.3) is 5.91 Å². The van der Waals surface area contributed by atoms with E-state index in [-0.39, 0.29) is 35.8 Å². The normalized spacial score (nSPS) is 14.3. The van der Waals surface area contributed by atoms with E-state index in [9.17, 15) is 28.3 Å². The molecule has 1 aliphatic rings. The summed E-state index contributed by atoms with van der Waals surface area (Å²) in [6.07, 6.45) is 0.662. The standard InChI is InChI=1S/C21H20F2N2O5/c1-30-21(29)15-3-2-4-17(18(15)26)24-19(27)12-7-9-25(10-8-12)20(28)14-6-5-13(22)11-16(14)23/h2-6,11-12,26H,7-10H2,1H3,(H,24,27). The second-order valence-corrected chi connectivity index (χ2v) is 6.87. The third-order valence-electron chi connectivity index (χ3n) is 5.01. The Kier molecular flexibility index (Phi) is 6.29. The summed E-state index contributed by atoms with van der Waals surface area (Å²) >= 11 is 0. The first-order valence-corrected chi connectivity index (χ1v) is 9.27. The number of phenols is 1. The zero-order valence-electron chi connectivity index (χ0n) is 16.2. The molecule has 3 rings (SSSR count). The van der Waals surface area contributed by atoms with E-state index in [1.807, 2.05) is 0 Å². The summed E-state index contributed by atoms with van der Waals surface area (Å²) in [5, 5.41) is 12.8. The van der Waals surface area contributed by atoms with E-state index in [0.717, 1.165) is 12.1 Å². The predicted molar refractivity (Wildman–Crippen MR) is 103 cm³/mol. The fourth-order valence-electron chi connectivity index (χ4n) is 3.33. The van der Waals surface area contributed by atoms with Crippen LogP contribution in [-0.2, 0) is 9.53 Å². The SMILES string of the molecule is COC(=O)c1cccc(NC(=O)C2CCN(C(=O)c3ccc(F)cc3F)CC2)c1O. The van der Waals surface area contributed by atoms with Crippen molar-refractivity contribution < 1.29 is 33.0 Å². The number of para-hydroxylation sites is 1. The van der Waals surface area contributed by atoms with Gasteiger partial charge in [-0.25, -0.2) is 13.6 Å². The number of hydrogen-bond acceptors (Lipinski definition) is 5. The number of carbonyl (C=O) groups is 3. The third kappa shape index (κ3) is 4.40. The highest BCUT2D eigenvalue weighted by Gasteiger charge is 2.29. The van der Waals surface area contributed by atoms with E-state index in [2.05, 4.69) is 10.1 Å². The van der Waals surface area contributed by atoms with E-state index >= 15 is 0 Å². The van der Waals surface area contributed by atoms with Gasteiger partial charge in [0.1, 0.15) is 17.2 Å². The number of phenolic OH excluding ortho intramolecular Hbond substituents is 1. The smallest absolute Gasteiger partial charge is 0.341 e. The number of nitrogens with one attached hydrogen (secondary N) is 1. The molecular formula is C21H20F2N2O5. The second-order valence-electron chi connectivity index (χ2n) is 6.87. The molecule has 2 N–H and O–H groups in total. The Morgan fingerprint density at radius 2 is 1.80 bits per heavy atom. The van der Waals surface area contributed by atoms with Gasteiger partial charge in [0.15, 0.2) is 5.75 Å². The molecular weight excluding hydrogens is 398 g/mol. The maximum atomic E-state index is 13.8. The van der Waals surface area contributed by atoms with E-state index < -0.39 is 35.2 Å². The number of rotatable bonds is 4. The van der Waals surface area contributed by atoms with E-state index in [0.29, 0.717) is 18.9 Å². The maximum absolute atomic E-state index is 13.8. The maximum Gasteiger partial charge on any atom is 0.341 e. The van der Waals surface area contributed by atoms with Crippen LogP contribution in [0, 0.1) is 17.6 Å². The fraction of sp³-hybridized carbons (Fsp3) is 0.286. The molecule has 0 unspecified atom stereocenters. The monoisotopic (exact) mass is 418 g/mol.